The molecular weight excluding hydrogens is 155 g/mol. The maximum atomic E-state index is 3.34. The lowest BCUT2D eigenvalue weighted by Gasteiger charge is -2.02. The summed E-state index contributed by atoms with van der Waals surface area (Å²) in [6.45, 7) is 6.84. The topological polar surface area (TPSA) is 0 Å². The summed E-state index contributed by atoms with van der Waals surface area (Å²) in [7, 11) is 1.65. The van der Waals surface area contributed by atoms with Gasteiger partial charge in [-0.2, -0.15) is 0 Å². The SMILES string of the molecule is C[Si](C)(C)C#CCCCP. The minimum absolute atomic E-state index is 1.08. The third kappa shape index (κ3) is 8.21. The van der Waals surface area contributed by atoms with Crippen molar-refractivity contribution in [1.29, 1.82) is 0 Å². The van der Waals surface area contributed by atoms with E-state index in [1.165, 1.54) is 12.6 Å². The Morgan fingerprint density at radius 2 is 1.90 bits per heavy atom. The van der Waals surface area contributed by atoms with E-state index >= 15 is 0 Å². The molecular formula is C8H17PSi. The van der Waals surface area contributed by atoms with Crippen molar-refractivity contribution in [2.24, 2.45) is 0 Å². The summed E-state index contributed by atoms with van der Waals surface area (Å²) in [5.74, 6) is 3.22. The molecule has 10 heavy (non-hydrogen) atoms. The van der Waals surface area contributed by atoms with Crippen LogP contribution in [0, 0.1) is 11.5 Å². The molecule has 58 valence electrons. The minimum atomic E-state index is -1.08. The highest BCUT2D eigenvalue weighted by atomic mass is 31.0. The molecule has 0 nitrogen and oxygen atoms in total. The fraction of sp³-hybridized carbons (Fsp3) is 0.750. The van der Waals surface area contributed by atoms with Gasteiger partial charge in [0, 0.05) is 6.42 Å². The van der Waals surface area contributed by atoms with E-state index in [4.69, 9.17) is 0 Å². The van der Waals surface area contributed by atoms with Crippen LogP contribution in [-0.2, 0) is 0 Å². The molecule has 0 spiro atoms. The standard InChI is InChI=1S/C8H17PSi/c1-10(2,3)8-6-4-5-7-9/h4-5,7,9H2,1-3H3. The lowest BCUT2D eigenvalue weighted by Crippen LogP contribution is -2.16. The highest BCUT2D eigenvalue weighted by molar-refractivity contribution is 7.16. The fourth-order valence-corrected chi connectivity index (χ4v) is 1.38. The maximum Gasteiger partial charge on any atom is 0.129 e. The van der Waals surface area contributed by atoms with E-state index in [0.717, 1.165) is 6.42 Å². The molecule has 0 aliphatic carbocycles. The number of hydrogen-bond acceptors (Lipinski definition) is 0. The van der Waals surface area contributed by atoms with Gasteiger partial charge in [-0.05, 0) is 12.6 Å². The van der Waals surface area contributed by atoms with Crippen molar-refractivity contribution in [3.05, 3.63) is 0 Å². The van der Waals surface area contributed by atoms with E-state index < -0.39 is 8.07 Å². The van der Waals surface area contributed by atoms with Gasteiger partial charge in [0.2, 0.25) is 0 Å². The van der Waals surface area contributed by atoms with Gasteiger partial charge in [-0.15, -0.1) is 20.7 Å². The zero-order chi connectivity index (χ0) is 8.04. The lowest BCUT2D eigenvalue weighted by molar-refractivity contribution is 0.998. The molecule has 0 aromatic rings. The summed E-state index contributed by atoms with van der Waals surface area (Å²) >= 11 is 0. The molecule has 0 amide bonds. The number of hydrogen-bond donors (Lipinski definition) is 0. The molecule has 0 rings (SSSR count). The van der Waals surface area contributed by atoms with Crippen LogP contribution in [0.3, 0.4) is 0 Å². The lowest BCUT2D eigenvalue weighted by atomic mass is 10.4. The average Bonchev–Trinajstić information content (AvgIpc) is 1.78. The molecule has 1 unspecified atom stereocenters. The Bertz CT molecular complexity index is 136. The molecule has 2 heteroatoms. The first kappa shape index (κ1) is 10.2. The molecule has 1 atom stereocenters. The molecule has 0 aromatic heterocycles. The van der Waals surface area contributed by atoms with Crippen LogP contribution in [0.15, 0.2) is 0 Å². The molecule has 0 heterocycles. The summed E-state index contributed by atoms with van der Waals surface area (Å²) < 4.78 is 0. The quantitative estimate of drug-likeness (QED) is 0.260. The second kappa shape index (κ2) is 4.94. The first-order valence-corrected chi connectivity index (χ1v) is 8.08. The second-order valence-electron chi connectivity index (χ2n) is 3.44. The van der Waals surface area contributed by atoms with Gasteiger partial charge in [-0.25, -0.2) is 0 Å². The summed E-state index contributed by atoms with van der Waals surface area (Å²) in [5, 5.41) is 0. The van der Waals surface area contributed by atoms with Crippen LogP contribution in [0.5, 0.6) is 0 Å². The third-order valence-corrected chi connectivity index (χ3v) is 2.30. The Kier molecular flexibility index (Phi) is 5.04. The van der Waals surface area contributed by atoms with E-state index in [2.05, 4.69) is 40.3 Å². The van der Waals surface area contributed by atoms with Gasteiger partial charge in [-0.3, -0.25) is 0 Å². The first-order chi connectivity index (χ1) is 4.56. The Labute approximate surface area is 68.0 Å². The normalized spacial score (nSPS) is 10.4. The van der Waals surface area contributed by atoms with Gasteiger partial charge in [0.15, 0.2) is 0 Å². The fourth-order valence-electron chi connectivity index (χ4n) is 0.518. The molecule has 0 radical (unpaired) electrons. The Balaban J connectivity index is 3.50. The molecule has 0 bridgehead atoms. The summed E-state index contributed by atoms with van der Waals surface area (Å²) in [6.07, 6.45) is 3.48. The Morgan fingerprint density at radius 3 is 2.30 bits per heavy atom. The molecule has 0 fully saturated rings. The van der Waals surface area contributed by atoms with E-state index in [9.17, 15) is 0 Å². The Hall–Kier alpha value is 0.207. The Morgan fingerprint density at radius 1 is 1.30 bits per heavy atom. The predicted molar refractivity (Wildman–Crippen MR) is 54.9 cm³/mol. The van der Waals surface area contributed by atoms with Gasteiger partial charge in [0.25, 0.3) is 0 Å². The molecule has 0 N–H and O–H groups in total. The maximum absolute atomic E-state index is 3.34. The summed E-state index contributed by atoms with van der Waals surface area (Å²) in [6, 6.07) is 0. The average molecular weight is 172 g/mol. The van der Waals surface area contributed by atoms with Crippen molar-refractivity contribution < 1.29 is 0 Å². The van der Waals surface area contributed by atoms with Gasteiger partial charge in [0.1, 0.15) is 8.07 Å². The van der Waals surface area contributed by atoms with Crippen LogP contribution in [-0.4, -0.2) is 14.2 Å². The van der Waals surface area contributed by atoms with Crippen LogP contribution in [0.1, 0.15) is 12.8 Å². The van der Waals surface area contributed by atoms with Crippen LogP contribution >= 0.6 is 9.24 Å². The molecule has 0 saturated carbocycles. The summed E-state index contributed by atoms with van der Waals surface area (Å²) in [4.78, 5) is 0. The van der Waals surface area contributed by atoms with Gasteiger partial charge < -0.3 is 0 Å². The van der Waals surface area contributed by atoms with E-state index in [1.54, 1.807) is 0 Å². The van der Waals surface area contributed by atoms with Crippen LogP contribution in [0.25, 0.3) is 0 Å². The van der Waals surface area contributed by atoms with Crippen LogP contribution < -0.4 is 0 Å². The van der Waals surface area contributed by atoms with E-state index in [0.29, 0.717) is 0 Å². The third-order valence-electron chi connectivity index (χ3n) is 0.969. The van der Waals surface area contributed by atoms with E-state index in [1.807, 2.05) is 0 Å². The number of unbranched alkanes of at least 4 members (excludes halogenated alkanes) is 1. The van der Waals surface area contributed by atoms with Crippen molar-refractivity contribution in [3.8, 4) is 11.5 Å². The zero-order valence-electron chi connectivity index (χ0n) is 7.20. The molecule has 0 aliphatic rings. The zero-order valence-corrected chi connectivity index (χ0v) is 9.35. The van der Waals surface area contributed by atoms with Crippen molar-refractivity contribution in [2.45, 2.75) is 32.5 Å². The highest BCUT2D eigenvalue weighted by Gasteiger charge is 2.06. The molecule has 0 aromatic carbocycles. The summed E-state index contributed by atoms with van der Waals surface area (Å²) in [5.41, 5.74) is 3.34. The van der Waals surface area contributed by atoms with E-state index in [-0.39, 0.29) is 0 Å². The van der Waals surface area contributed by atoms with Gasteiger partial charge in [0.05, 0.1) is 0 Å². The van der Waals surface area contributed by atoms with Crippen molar-refractivity contribution in [2.75, 3.05) is 6.16 Å². The number of rotatable bonds is 2. The van der Waals surface area contributed by atoms with Crippen molar-refractivity contribution in [1.82, 2.24) is 0 Å². The van der Waals surface area contributed by atoms with Gasteiger partial charge in [-0.1, -0.05) is 19.6 Å². The van der Waals surface area contributed by atoms with Crippen molar-refractivity contribution in [3.63, 3.8) is 0 Å². The molecule has 0 saturated heterocycles. The first-order valence-electron chi connectivity index (χ1n) is 3.76. The van der Waals surface area contributed by atoms with Crippen LogP contribution in [0.4, 0.5) is 0 Å². The second-order valence-corrected chi connectivity index (χ2v) is 8.77. The highest BCUT2D eigenvalue weighted by Crippen LogP contribution is 1.98. The smallest absolute Gasteiger partial charge is 0.129 e. The predicted octanol–water partition coefficient (Wildman–Crippen LogP) is 2.52. The van der Waals surface area contributed by atoms with Crippen molar-refractivity contribution >= 4 is 17.3 Å². The largest absolute Gasteiger partial charge is 0.138 e. The van der Waals surface area contributed by atoms with Gasteiger partial charge >= 0.3 is 0 Å². The van der Waals surface area contributed by atoms with Crippen LogP contribution in [0.2, 0.25) is 19.6 Å². The minimum Gasteiger partial charge on any atom is -0.138 e. The monoisotopic (exact) mass is 172 g/mol. The molecule has 0 aliphatic heterocycles.